The van der Waals surface area contributed by atoms with Gasteiger partial charge in [0.1, 0.15) is 0 Å². The second-order valence-electron chi connectivity index (χ2n) is 4.06. The monoisotopic (exact) mass is 268 g/mol. The predicted octanol–water partition coefficient (Wildman–Crippen LogP) is 3.20. The summed E-state index contributed by atoms with van der Waals surface area (Å²) < 4.78 is 0. The fourth-order valence-corrected chi connectivity index (χ4v) is 2.10. The van der Waals surface area contributed by atoms with Gasteiger partial charge in [0, 0.05) is 6.92 Å². The predicted molar refractivity (Wildman–Crippen MR) is 78.4 cm³/mol. The minimum absolute atomic E-state index is 0.139. The first-order valence-corrected chi connectivity index (χ1v) is 6.20. The maximum atomic E-state index is 9.31. The Balaban J connectivity index is 0.000000297. The normalized spacial score (nSPS) is 10.7. The van der Waals surface area contributed by atoms with E-state index < -0.39 is 0 Å². The van der Waals surface area contributed by atoms with Crippen LogP contribution in [-0.4, -0.2) is 15.6 Å². The van der Waals surface area contributed by atoms with Gasteiger partial charge in [0.2, 0.25) is 0 Å². The maximum Gasteiger partial charge on any atom is 0.330 e. The van der Waals surface area contributed by atoms with E-state index in [0.29, 0.717) is 5.71 Å². The van der Waals surface area contributed by atoms with Crippen molar-refractivity contribution in [3.05, 3.63) is 65.2 Å². The Morgan fingerprint density at radius 2 is 1.26 bits per heavy atom. The molecule has 0 heterocycles. The Bertz CT molecular complexity index is 637. The highest BCUT2D eigenvalue weighted by molar-refractivity contribution is 7.96. The molecule has 0 bridgehead atoms. The van der Waals surface area contributed by atoms with Gasteiger partial charge < -0.3 is 5.53 Å². The first-order valence-electron chi connectivity index (χ1n) is 5.76. The maximum absolute atomic E-state index is 9.31. The van der Waals surface area contributed by atoms with Crippen LogP contribution in [0.4, 0.5) is 0 Å². The molecule has 0 unspecified atom stereocenters. The number of hydrogen-bond donors (Lipinski definition) is 1. The van der Waals surface area contributed by atoms with Crippen LogP contribution in [0.25, 0.3) is 16.7 Å². The zero-order valence-electron chi connectivity index (χ0n) is 10.4. The zero-order valence-corrected chi connectivity index (χ0v) is 11.3. The molecule has 0 spiro atoms. The van der Waals surface area contributed by atoms with Crippen LogP contribution < -0.4 is 0 Å². The van der Waals surface area contributed by atoms with Gasteiger partial charge in [0.15, 0.2) is 5.12 Å². The molecule has 3 nitrogen and oxygen atoms in total. The topological polar surface area (TPSA) is 53.5 Å². The number of benzene rings is 2. The molecule has 0 N–H and O–H groups in total. The molecular weight excluding hydrogens is 256 g/mol. The molecule has 19 heavy (non-hydrogen) atoms. The fraction of sp³-hybridized carbons (Fsp3) is 0.0667. The van der Waals surface area contributed by atoms with Crippen LogP contribution in [0.3, 0.4) is 0 Å². The molecule has 0 amide bonds. The Hall–Kier alpha value is -2.16. The van der Waals surface area contributed by atoms with Gasteiger partial charge in [-0.15, -0.1) is 12.6 Å². The van der Waals surface area contributed by atoms with Crippen LogP contribution in [0.15, 0.2) is 48.5 Å². The van der Waals surface area contributed by atoms with Crippen molar-refractivity contribution < 1.29 is 9.58 Å². The third-order valence-corrected chi connectivity index (χ3v) is 2.75. The van der Waals surface area contributed by atoms with Crippen molar-refractivity contribution in [2.75, 3.05) is 0 Å². The van der Waals surface area contributed by atoms with E-state index in [1.807, 2.05) is 48.5 Å². The third kappa shape index (κ3) is 2.65. The Labute approximate surface area is 116 Å². The molecule has 1 aliphatic carbocycles. The van der Waals surface area contributed by atoms with E-state index in [2.05, 4.69) is 17.4 Å². The fourth-order valence-electron chi connectivity index (χ4n) is 2.10. The highest BCUT2D eigenvalue weighted by Crippen LogP contribution is 2.35. The molecule has 1 aliphatic rings. The van der Waals surface area contributed by atoms with E-state index in [0.717, 1.165) is 22.3 Å². The van der Waals surface area contributed by atoms with Crippen molar-refractivity contribution in [1.82, 2.24) is 0 Å². The molecule has 0 fully saturated rings. The second kappa shape index (κ2) is 5.65. The minimum atomic E-state index is -0.139. The van der Waals surface area contributed by atoms with Crippen LogP contribution >= 0.6 is 12.6 Å². The van der Waals surface area contributed by atoms with Gasteiger partial charge in [-0.1, -0.05) is 36.4 Å². The molecule has 0 saturated carbocycles. The van der Waals surface area contributed by atoms with Crippen LogP contribution in [-0.2, 0) is 4.79 Å². The molecule has 3 rings (SSSR count). The average Bonchev–Trinajstić information content (AvgIpc) is 2.72. The molecule has 0 aliphatic heterocycles. The van der Waals surface area contributed by atoms with Crippen molar-refractivity contribution in [3.63, 3.8) is 0 Å². The summed E-state index contributed by atoms with van der Waals surface area (Å²) in [5.41, 5.74) is 14.0. The number of fused-ring (bicyclic) bond motifs is 3. The zero-order chi connectivity index (χ0) is 13.8. The van der Waals surface area contributed by atoms with Gasteiger partial charge in [-0.05, 0) is 23.3 Å². The summed E-state index contributed by atoms with van der Waals surface area (Å²) in [7, 11) is 0. The average molecular weight is 268 g/mol. The van der Waals surface area contributed by atoms with Crippen molar-refractivity contribution >= 4 is 23.5 Å². The summed E-state index contributed by atoms with van der Waals surface area (Å²) >= 11 is 3.33. The van der Waals surface area contributed by atoms with Crippen LogP contribution in [0.2, 0.25) is 0 Å². The van der Waals surface area contributed by atoms with Crippen molar-refractivity contribution in [1.29, 1.82) is 0 Å². The third-order valence-electron chi connectivity index (χ3n) is 2.75. The van der Waals surface area contributed by atoms with E-state index in [4.69, 9.17) is 5.53 Å². The van der Waals surface area contributed by atoms with Gasteiger partial charge in [-0.2, -0.15) is 4.79 Å². The summed E-state index contributed by atoms with van der Waals surface area (Å²) in [6.07, 6.45) is 0. The standard InChI is InChI=1S/C13H8N2.C2H4OS/c14-15-13-11-7-3-1-5-9(11)10-6-2-4-8-12(10)13;1-2(3)4/h1-8H;1H3,(H,3,4). The Morgan fingerprint density at radius 1 is 0.947 bits per heavy atom. The molecule has 0 aromatic heterocycles. The summed E-state index contributed by atoms with van der Waals surface area (Å²) in [5, 5.41) is -0.139. The molecule has 0 radical (unpaired) electrons. The lowest BCUT2D eigenvalue weighted by Gasteiger charge is -1.95. The molecule has 2 aromatic carbocycles. The number of carbonyl (C=O) groups is 1. The van der Waals surface area contributed by atoms with E-state index in [9.17, 15) is 4.79 Å². The van der Waals surface area contributed by atoms with Gasteiger partial charge in [0.25, 0.3) is 0 Å². The Kier molecular flexibility index (Phi) is 3.95. The number of nitrogens with zero attached hydrogens (tertiary/aromatic N) is 2. The molecule has 4 heteroatoms. The van der Waals surface area contributed by atoms with Gasteiger partial charge >= 0.3 is 5.71 Å². The number of rotatable bonds is 0. The Morgan fingerprint density at radius 3 is 1.58 bits per heavy atom. The van der Waals surface area contributed by atoms with Crippen LogP contribution in [0.5, 0.6) is 0 Å². The first kappa shape index (κ1) is 13.3. The van der Waals surface area contributed by atoms with Gasteiger partial charge in [-0.3, -0.25) is 4.79 Å². The van der Waals surface area contributed by atoms with Crippen molar-refractivity contribution in [3.8, 4) is 11.1 Å². The smallest absolute Gasteiger partial charge is 0.330 e. The van der Waals surface area contributed by atoms with Crippen LogP contribution in [0, 0.1) is 0 Å². The van der Waals surface area contributed by atoms with E-state index >= 15 is 0 Å². The number of hydrogen-bond acceptors (Lipinski definition) is 1. The molecule has 94 valence electrons. The molecular formula is C15H12N2OS. The first-order chi connectivity index (χ1) is 9.15. The van der Waals surface area contributed by atoms with Crippen molar-refractivity contribution in [2.24, 2.45) is 0 Å². The summed E-state index contributed by atoms with van der Waals surface area (Å²) in [6, 6.07) is 15.9. The summed E-state index contributed by atoms with van der Waals surface area (Å²) in [6.45, 7) is 1.39. The van der Waals surface area contributed by atoms with Gasteiger partial charge in [-0.25, -0.2) is 0 Å². The van der Waals surface area contributed by atoms with E-state index in [1.165, 1.54) is 6.92 Å². The van der Waals surface area contributed by atoms with Crippen molar-refractivity contribution in [2.45, 2.75) is 6.92 Å². The summed E-state index contributed by atoms with van der Waals surface area (Å²) in [4.78, 5) is 12.7. The lowest BCUT2D eigenvalue weighted by molar-refractivity contribution is -0.108. The SMILES string of the molecule is CC(=O)S.[N-]=[N+]=C1c2ccccc2-c2ccccc21. The van der Waals surface area contributed by atoms with E-state index in [1.54, 1.807) is 0 Å². The molecule has 0 atom stereocenters. The second-order valence-corrected chi connectivity index (χ2v) is 4.69. The highest BCUT2D eigenvalue weighted by atomic mass is 32.1. The highest BCUT2D eigenvalue weighted by Gasteiger charge is 2.29. The largest absolute Gasteiger partial charge is 0.361 e. The van der Waals surface area contributed by atoms with Gasteiger partial charge in [0.05, 0.1) is 11.1 Å². The number of carbonyl (C=O) groups excluding carboxylic acids is 1. The van der Waals surface area contributed by atoms with E-state index in [-0.39, 0.29) is 5.12 Å². The molecule has 2 aromatic rings. The lowest BCUT2D eigenvalue weighted by Crippen LogP contribution is -1.98. The summed E-state index contributed by atoms with van der Waals surface area (Å²) in [5.74, 6) is 0. The lowest BCUT2D eigenvalue weighted by atomic mass is 10.1. The van der Waals surface area contributed by atoms with Crippen LogP contribution in [0.1, 0.15) is 18.1 Å². The molecule has 0 saturated heterocycles. The minimum Gasteiger partial charge on any atom is -0.361 e. The number of thiol groups is 1. The quantitative estimate of drug-likeness (QED) is 0.380.